The first-order valence-corrected chi connectivity index (χ1v) is 3.59. The third-order valence-corrected chi connectivity index (χ3v) is 1.56. The lowest BCUT2D eigenvalue weighted by molar-refractivity contribution is -0.150. The maximum absolute atomic E-state index is 11.0. The zero-order chi connectivity index (χ0) is 9.02. The van der Waals surface area contributed by atoms with Crippen LogP contribution in [0.4, 0.5) is 0 Å². The monoisotopic (exact) mass is 158 g/mol. The van der Waals surface area contributed by atoms with Crippen LogP contribution in [0.15, 0.2) is 0 Å². The lowest BCUT2D eigenvalue weighted by Crippen LogP contribution is -2.27. The summed E-state index contributed by atoms with van der Waals surface area (Å²) in [4.78, 5) is 21.8. The van der Waals surface area contributed by atoms with E-state index in [0.29, 0.717) is 0 Å². The van der Waals surface area contributed by atoms with Gasteiger partial charge >= 0.3 is 5.97 Å². The second kappa shape index (κ2) is 4.11. The minimum atomic E-state index is -0.597. The number of methoxy groups -OCH3 is 1. The molecular weight excluding hydrogens is 144 g/mol. The fourth-order valence-electron chi connectivity index (χ4n) is 1.03. The molecule has 1 atom stereocenters. The number of ketones is 1. The Labute approximate surface area is 66.7 Å². The molecule has 0 rings (SSSR count). The van der Waals surface area contributed by atoms with Gasteiger partial charge in [-0.25, -0.2) is 0 Å². The van der Waals surface area contributed by atoms with Crippen LogP contribution in [-0.4, -0.2) is 18.9 Å². The molecule has 11 heavy (non-hydrogen) atoms. The lowest BCUT2D eigenvalue weighted by Gasteiger charge is -2.14. The van der Waals surface area contributed by atoms with Crippen LogP contribution in [0.2, 0.25) is 0 Å². The molecule has 0 aliphatic carbocycles. The SMILES string of the molecule is COC(=O)[C@H](C(C)=O)C(C)C. The Morgan fingerprint density at radius 2 is 1.73 bits per heavy atom. The van der Waals surface area contributed by atoms with E-state index in [4.69, 9.17) is 0 Å². The Hall–Kier alpha value is -0.860. The highest BCUT2D eigenvalue weighted by molar-refractivity contribution is 5.97. The summed E-state index contributed by atoms with van der Waals surface area (Å²) in [6, 6.07) is 0. The van der Waals surface area contributed by atoms with Gasteiger partial charge in [-0.05, 0) is 12.8 Å². The van der Waals surface area contributed by atoms with E-state index < -0.39 is 11.9 Å². The molecule has 0 radical (unpaired) electrons. The molecule has 0 aromatic rings. The summed E-state index contributed by atoms with van der Waals surface area (Å²) in [5, 5.41) is 0. The van der Waals surface area contributed by atoms with E-state index in [1.807, 2.05) is 13.8 Å². The number of Topliss-reactive ketones (excluding diaryl/α,β-unsaturated/α-hetero) is 1. The molecule has 0 fully saturated rings. The van der Waals surface area contributed by atoms with Crippen molar-refractivity contribution in [3.63, 3.8) is 0 Å². The van der Waals surface area contributed by atoms with Crippen molar-refractivity contribution in [1.82, 2.24) is 0 Å². The van der Waals surface area contributed by atoms with Crippen molar-refractivity contribution in [2.45, 2.75) is 20.8 Å². The van der Waals surface area contributed by atoms with Crippen molar-refractivity contribution in [2.75, 3.05) is 7.11 Å². The third kappa shape index (κ3) is 2.70. The van der Waals surface area contributed by atoms with Crippen molar-refractivity contribution in [3.05, 3.63) is 0 Å². The number of carbonyl (C=O) groups excluding carboxylic acids is 2. The topological polar surface area (TPSA) is 43.4 Å². The minimum absolute atomic E-state index is 0.0138. The first kappa shape index (κ1) is 10.1. The van der Waals surface area contributed by atoms with Crippen LogP contribution < -0.4 is 0 Å². The molecule has 0 amide bonds. The van der Waals surface area contributed by atoms with Crippen LogP contribution in [-0.2, 0) is 14.3 Å². The number of hydrogen-bond acceptors (Lipinski definition) is 3. The number of ether oxygens (including phenoxy) is 1. The maximum atomic E-state index is 11.0. The van der Waals surface area contributed by atoms with Gasteiger partial charge in [-0.2, -0.15) is 0 Å². The van der Waals surface area contributed by atoms with Crippen molar-refractivity contribution in [2.24, 2.45) is 11.8 Å². The van der Waals surface area contributed by atoms with Crippen molar-refractivity contribution in [3.8, 4) is 0 Å². The summed E-state index contributed by atoms with van der Waals surface area (Å²) in [6.07, 6.45) is 0. The number of hydrogen-bond donors (Lipinski definition) is 0. The highest BCUT2D eigenvalue weighted by Crippen LogP contribution is 2.13. The maximum Gasteiger partial charge on any atom is 0.316 e. The van der Waals surface area contributed by atoms with Crippen LogP contribution in [0.25, 0.3) is 0 Å². The third-order valence-electron chi connectivity index (χ3n) is 1.56. The fraction of sp³-hybridized carbons (Fsp3) is 0.750. The van der Waals surface area contributed by atoms with Crippen LogP contribution in [0.1, 0.15) is 20.8 Å². The molecule has 0 unspecified atom stereocenters. The number of esters is 1. The fourth-order valence-corrected chi connectivity index (χ4v) is 1.03. The molecule has 0 saturated heterocycles. The van der Waals surface area contributed by atoms with Gasteiger partial charge < -0.3 is 4.74 Å². The molecule has 0 N–H and O–H groups in total. The van der Waals surface area contributed by atoms with Gasteiger partial charge in [-0.3, -0.25) is 9.59 Å². The van der Waals surface area contributed by atoms with E-state index in [-0.39, 0.29) is 11.7 Å². The minimum Gasteiger partial charge on any atom is -0.468 e. The molecule has 3 nitrogen and oxygen atoms in total. The Bertz CT molecular complexity index is 161. The second-order valence-electron chi connectivity index (χ2n) is 2.86. The van der Waals surface area contributed by atoms with E-state index in [0.717, 1.165) is 0 Å². The average Bonchev–Trinajstić information content (AvgIpc) is 1.85. The Morgan fingerprint density at radius 3 is 1.82 bits per heavy atom. The summed E-state index contributed by atoms with van der Waals surface area (Å²) in [5.41, 5.74) is 0. The van der Waals surface area contributed by atoms with E-state index in [2.05, 4.69) is 4.74 Å². The van der Waals surface area contributed by atoms with E-state index in [9.17, 15) is 9.59 Å². The predicted molar refractivity (Wildman–Crippen MR) is 41.0 cm³/mol. The van der Waals surface area contributed by atoms with Gasteiger partial charge in [0.2, 0.25) is 0 Å². The van der Waals surface area contributed by atoms with E-state index in [1.165, 1.54) is 14.0 Å². The molecule has 3 heteroatoms. The molecule has 0 bridgehead atoms. The average molecular weight is 158 g/mol. The summed E-state index contributed by atoms with van der Waals surface area (Å²) in [5.74, 6) is -1.15. The van der Waals surface area contributed by atoms with Gasteiger partial charge in [0, 0.05) is 0 Å². The van der Waals surface area contributed by atoms with Gasteiger partial charge in [-0.1, -0.05) is 13.8 Å². The standard InChI is InChI=1S/C8H14O3/c1-5(2)7(6(3)9)8(10)11-4/h5,7H,1-4H3/t7-/m0/s1. The number of rotatable bonds is 3. The quantitative estimate of drug-likeness (QED) is 0.455. The highest BCUT2D eigenvalue weighted by atomic mass is 16.5. The van der Waals surface area contributed by atoms with Crippen LogP contribution in [0, 0.1) is 11.8 Å². The molecule has 0 aliphatic rings. The summed E-state index contributed by atoms with van der Waals surface area (Å²) in [6.45, 7) is 5.05. The van der Waals surface area contributed by atoms with Crippen LogP contribution >= 0.6 is 0 Å². The molecule has 0 spiro atoms. The first-order valence-electron chi connectivity index (χ1n) is 3.59. The van der Waals surface area contributed by atoms with E-state index >= 15 is 0 Å². The Kier molecular flexibility index (Phi) is 3.79. The number of carbonyl (C=O) groups is 2. The zero-order valence-electron chi connectivity index (χ0n) is 7.38. The van der Waals surface area contributed by atoms with Crippen molar-refractivity contribution >= 4 is 11.8 Å². The van der Waals surface area contributed by atoms with Crippen LogP contribution in [0.5, 0.6) is 0 Å². The summed E-state index contributed by atoms with van der Waals surface area (Å²) in [7, 11) is 1.29. The molecule has 0 aliphatic heterocycles. The Morgan fingerprint density at radius 1 is 1.27 bits per heavy atom. The first-order chi connectivity index (χ1) is 5.00. The van der Waals surface area contributed by atoms with Gasteiger partial charge in [0.1, 0.15) is 11.7 Å². The van der Waals surface area contributed by atoms with Crippen LogP contribution in [0.3, 0.4) is 0 Å². The lowest BCUT2D eigenvalue weighted by atomic mass is 9.92. The second-order valence-corrected chi connectivity index (χ2v) is 2.86. The smallest absolute Gasteiger partial charge is 0.316 e. The molecular formula is C8H14O3. The molecule has 0 aromatic carbocycles. The summed E-state index contributed by atoms with van der Waals surface area (Å²) < 4.78 is 4.48. The van der Waals surface area contributed by atoms with Gasteiger partial charge in [0.15, 0.2) is 0 Å². The zero-order valence-corrected chi connectivity index (χ0v) is 7.38. The molecule has 0 aromatic heterocycles. The summed E-state index contributed by atoms with van der Waals surface area (Å²) >= 11 is 0. The van der Waals surface area contributed by atoms with E-state index in [1.54, 1.807) is 0 Å². The molecule has 0 heterocycles. The normalized spacial score (nSPS) is 12.8. The predicted octanol–water partition coefficient (Wildman–Crippen LogP) is 1.02. The van der Waals surface area contributed by atoms with Gasteiger partial charge in [0.25, 0.3) is 0 Å². The molecule has 64 valence electrons. The van der Waals surface area contributed by atoms with Gasteiger partial charge in [-0.15, -0.1) is 0 Å². The molecule has 0 saturated carbocycles. The van der Waals surface area contributed by atoms with Gasteiger partial charge in [0.05, 0.1) is 7.11 Å². The highest BCUT2D eigenvalue weighted by Gasteiger charge is 2.27. The Balaban J connectivity index is 4.34. The van der Waals surface area contributed by atoms with Crippen molar-refractivity contribution < 1.29 is 14.3 Å². The van der Waals surface area contributed by atoms with Crippen molar-refractivity contribution in [1.29, 1.82) is 0 Å². The largest absolute Gasteiger partial charge is 0.468 e.